The minimum absolute atomic E-state index is 0.631. The summed E-state index contributed by atoms with van der Waals surface area (Å²) in [6.45, 7) is 0.631. The molecule has 0 unspecified atom stereocenters. The van der Waals surface area contributed by atoms with Gasteiger partial charge in [0, 0.05) is 13.5 Å². The minimum atomic E-state index is 0.631. The number of aromatic nitrogens is 3. The van der Waals surface area contributed by atoms with Crippen molar-refractivity contribution in [3.8, 4) is 0 Å². The third-order valence-corrected chi connectivity index (χ3v) is 1.17. The number of aryl methyl sites for hydroxylation is 1. The van der Waals surface area contributed by atoms with E-state index in [2.05, 4.69) is 10.2 Å². The number of hydrogen-bond acceptors (Lipinski definition) is 3. The van der Waals surface area contributed by atoms with Gasteiger partial charge in [0.25, 0.3) is 0 Å². The SMILES string of the molecule is Cn1cnnc1CCN. The first-order chi connectivity index (χ1) is 4.34. The normalized spacial score (nSPS) is 10.0. The molecule has 0 aromatic carbocycles. The lowest BCUT2D eigenvalue weighted by Crippen LogP contribution is -2.07. The second-order valence-corrected chi connectivity index (χ2v) is 1.90. The highest BCUT2D eigenvalue weighted by Crippen LogP contribution is 1.89. The minimum Gasteiger partial charge on any atom is -0.330 e. The zero-order valence-corrected chi connectivity index (χ0v) is 5.41. The molecule has 1 rings (SSSR count). The molecule has 0 aliphatic heterocycles. The highest BCUT2D eigenvalue weighted by atomic mass is 15.2. The predicted molar refractivity (Wildman–Crippen MR) is 33.8 cm³/mol. The number of nitrogens with two attached hydrogens (primary N) is 1. The summed E-state index contributed by atoms with van der Waals surface area (Å²) in [6, 6.07) is 0. The molecule has 0 radical (unpaired) electrons. The van der Waals surface area contributed by atoms with E-state index in [1.54, 1.807) is 6.33 Å². The van der Waals surface area contributed by atoms with Crippen molar-refractivity contribution in [1.82, 2.24) is 14.8 Å². The van der Waals surface area contributed by atoms with Crippen molar-refractivity contribution in [3.05, 3.63) is 12.2 Å². The average Bonchev–Trinajstić information content (AvgIpc) is 2.18. The van der Waals surface area contributed by atoms with Gasteiger partial charge < -0.3 is 10.3 Å². The standard InChI is InChI=1S/C5H10N4/c1-9-4-7-8-5(9)2-3-6/h4H,2-3,6H2,1H3. The summed E-state index contributed by atoms with van der Waals surface area (Å²) in [5.74, 6) is 0.942. The van der Waals surface area contributed by atoms with Crippen LogP contribution in [-0.4, -0.2) is 21.3 Å². The van der Waals surface area contributed by atoms with Gasteiger partial charge in [-0.25, -0.2) is 0 Å². The van der Waals surface area contributed by atoms with Gasteiger partial charge in [-0.2, -0.15) is 0 Å². The highest BCUT2D eigenvalue weighted by molar-refractivity contribution is 4.83. The summed E-state index contributed by atoms with van der Waals surface area (Å²) in [4.78, 5) is 0. The summed E-state index contributed by atoms with van der Waals surface area (Å²) in [6.07, 6.45) is 2.47. The van der Waals surface area contributed by atoms with E-state index in [-0.39, 0.29) is 0 Å². The highest BCUT2D eigenvalue weighted by Gasteiger charge is 1.95. The number of hydrogen-bond donors (Lipinski definition) is 1. The molecule has 2 N–H and O–H groups in total. The van der Waals surface area contributed by atoms with Crippen molar-refractivity contribution in [3.63, 3.8) is 0 Å². The first-order valence-electron chi connectivity index (χ1n) is 2.87. The van der Waals surface area contributed by atoms with Crippen LogP contribution >= 0.6 is 0 Å². The van der Waals surface area contributed by atoms with Crippen LogP contribution in [0.3, 0.4) is 0 Å². The van der Waals surface area contributed by atoms with E-state index in [4.69, 9.17) is 5.73 Å². The molecule has 9 heavy (non-hydrogen) atoms. The van der Waals surface area contributed by atoms with E-state index in [0.29, 0.717) is 6.54 Å². The van der Waals surface area contributed by atoms with Crippen LogP contribution in [0.4, 0.5) is 0 Å². The van der Waals surface area contributed by atoms with Gasteiger partial charge in [-0.3, -0.25) is 0 Å². The van der Waals surface area contributed by atoms with Crippen LogP contribution in [-0.2, 0) is 13.5 Å². The molecule has 0 bridgehead atoms. The zero-order chi connectivity index (χ0) is 6.69. The van der Waals surface area contributed by atoms with Crippen LogP contribution in [0.15, 0.2) is 6.33 Å². The van der Waals surface area contributed by atoms with Gasteiger partial charge in [-0.05, 0) is 6.54 Å². The fourth-order valence-corrected chi connectivity index (χ4v) is 0.663. The van der Waals surface area contributed by atoms with E-state index in [1.165, 1.54) is 0 Å². The smallest absolute Gasteiger partial charge is 0.133 e. The molecule has 0 aliphatic carbocycles. The van der Waals surface area contributed by atoms with E-state index in [1.807, 2.05) is 11.6 Å². The van der Waals surface area contributed by atoms with Gasteiger partial charge in [-0.15, -0.1) is 10.2 Å². The molecule has 0 aliphatic rings. The summed E-state index contributed by atoms with van der Waals surface area (Å²) >= 11 is 0. The second kappa shape index (κ2) is 2.59. The van der Waals surface area contributed by atoms with Crippen molar-refractivity contribution in [2.24, 2.45) is 12.8 Å². The molecule has 0 atom stereocenters. The average molecular weight is 126 g/mol. The Labute approximate surface area is 53.7 Å². The Hall–Kier alpha value is -0.900. The summed E-state index contributed by atoms with van der Waals surface area (Å²) in [5, 5.41) is 7.54. The Bertz CT molecular complexity index is 181. The summed E-state index contributed by atoms with van der Waals surface area (Å²) in [5.41, 5.74) is 5.31. The Morgan fingerprint density at radius 1 is 1.78 bits per heavy atom. The van der Waals surface area contributed by atoms with E-state index in [9.17, 15) is 0 Å². The van der Waals surface area contributed by atoms with Crippen molar-refractivity contribution in [1.29, 1.82) is 0 Å². The quantitative estimate of drug-likeness (QED) is 0.571. The van der Waals surface area contributed by atoms with E-state index >= 15 is 0 Å². The molecule has 4 heteroatoms. The summed E-state index contributed by atoms with van der Waals surface area (Å²) in [7, 11) is 1.91. The molecule has 50 valence electrons. The Morgan fingerprint density at radius 2 is 2.56 bits per heavy atom. The molecule has 1 aromatic rings. The van der Waals surface area contributed by atoms with Crippen molar-refractivity contribution in [2.45, 2.75) is 6.42 Å². The van der Waals surface area contributed by atoms with E-state index < -0.39 is 0 Å². The van der Waals surface area contributed by atoms with Crippen LogP contribution in [0.5, 0.6) is 0 Å². The van der Waals surface area contributed by atoms with E-state index in [0.717, 1.165) is 12.2 Å². The van der Waals surface area contributed by atoms with Crippen LogP contribution < -0.4 is 5.73 Å². The Kier molecular flexibility index (Phi) is 1.79. The molecule has 1 aromatic heterocycles. The van der Waals surface area contributed by atoms with Crippen molar-refractivity contribution in [2.75, 3.05) is 6.54 Å². The van der Waals surface area contributed by atoms with Gasteiger partial charge >= 0.3 is 0 Å². The van der Waals surface area contributed by atoms with Crippen molar-refractivity contribution < 1.29 is 0 Å². The Balaban J connectivity index is 2.69. The largest absolute Gasteiger partial charge is 0.330 e. The lowest BCUT2D eigenvalue weighted by atomic mass is 10.4. The van der Waals surface area contributed by atoms with Crippen LogP contribution in [0.25, 0.3) is 0 Å². The number of nitrogens with zero attached hydrogens (tertiary/aromatic N) is 3. The second-order valence-electron chi connectivity index (χ2n) is 1.90. The molecule has 0 fully saturated rings. The lowest BCUT2D eigenvalue weighted by molar-refractivity contribution is 0.776. The maximum absolute atomic E-state index is 5.31. The fraction of sp³-hybridized carbons (Fsp3) is 0.600. The number of rotatable bonds is 2. The van der Waals surface area contributed by atoms with Crippen LogP contribution in [0, 0.1) is 0 Å². The van der Waals surface area contributed by atoms with Gasteiger partial charge in [0.15, 0.2) is 0 Å². The molecule has 1 heterocycles. The first-order valence-corrected chi connectivity index (χ1v) is 2.87. The molecule has 0 amide bonds. The lowest BCUT2D eigenvalue weighted by Gasteiger charge is -1.93. The van der Waals surface area contributed by atoms with Gasteiger partial charge in [0.1, 0.15) is 12.2 Å². The third-order valence-electron chi connectivity index (χ3n) is 1.17. The molecule has 4 nitrogen and oxygen atoms in total. The molecular weight excluding hydrogens is 116 g/mol. The maximum atomic E-state index is 5.31. The monoisotopic (exact) mass is 126 g/mol. The molecule has 0 spiro atoms. The topological polar surface area (TPSA) is 56.7 Å². The van der Waals surface area contributed by atoms with Crippen molar-refractivity contribution >= 4 is 0 Å². The predicted octanol–water partition coefficient (Wildman–Crippen LogP) is -0.684. The maximum Gasteiger partial charge on any atom is 0.133 e. The summed E-state index contributed by atoms with van der Waals surface area (Å²) < 4.78 is 1.87. The van der Waals surface area contributed by atoms with Crippen LogP contribution in [0.2, 0.25) is 0 Å². The Morgan fingerprint density at radius 3 is 3.00 bits per heavy atom. The van der Waals surface area contributed by atoms with Gasteiger partial charge in [0.2, 0.25) is 0 Å². The first kappa shape index (κ1) is 6.22. The fourth-order valence-electron chi connectivity index (χ4n) is 0.663. The molecule has 0 saturated heterocycles. The third kappa shape index (κ3) is 1.26. The molecular formula is C5H10N4. The zero-order valence-electron chi connectivity index (χ0n) is 5.41. The van der Waals surface area contributed by atoms with Crippen LogP contribution in [0.1, 0.15) is 5.82 Å². The molecule has 0 saturated carbocycles. The van der Waals surface area contributed by atoms with Gasteiger partial charge in [-0.1, -0.05) is 0 Å². The van der Waals surface area contributed by atoms with Gasteiger partial charge in [0.05, 0.1) is 0 Å².